The fourth-order valence-corrected chi connectivity index (χ4v) is 2.80. The number of non-ortho nitro benzene ring substituents is 1. The summed E-state index contributed by atoms with van der Waals surface area (Å²) < 4.78 is 39.5. The van der Waals surface area contributed by atoms with E-state index in [0.29, 0.717) is 5.56 Å². The molecule has 0 saturated carbocycles. The molecule has 0 unspecified atom stereocenters. The molecule has 0 amide bonds. The standard InChI is InChI=1S/C13H12FN3O4S/c14-10-5-9(6-11(15)7-10)8-16-22(20,21)13-3-1-12(2-4-13)17(18)19/h1-7,16H,8,15H2. The van der Waals surface area contributed by atoms with Crippen LogP contribution < -0.4 is 10.5 Å². The van der Waals surface area contributed by atoms with Crippen LogP contribution >= 0.6 is 0 Å². The van der Waals surface area contributed by atoms with Crippen molar-refractivity contribution in [1.82, 2.24) is 4.72 Å². The van der Waals surface area contributed by atoms with Crippen LogP contribution in [0.5, 0.6) is 0 Å². The number of halogens is 1. The zero-order valence-corrected chi connectivity index (χ0v) is 12.0. The van der Waals surface area contributed by atoms with Gasteiger partial charge in [0, 0.05) is 24.4 Å². The molecule has 9 heteroatoms. The minimum absolute atomic E-state index is 0.123. The first-order valence-corrected chi connectivity index (χ1v) is 7.55. The highest BCUT2D eigenvalue weighted by molar-refractivity contribution is 7.89. The van der Waals surface area contributed by atoms with Crippen molar-refractivity contribution in [3.05, 3.63) is 64.0 Å². The van der Waals surface area contributed by atoms with E-state index in [9.17, 15) is 22.9 Å². The zero-order valence-electron chi connectivity index (χ0n) is 11.2. The molecule has 0 spiro atoms. The number of nitro benzene ring substituents is 1. The molecule has 0 atom stereocenters. The Labute approximate surface area is 125 Å². The van der Waals surface area contributed by atoms with Crippen LogP contribution in [0.3, 0.4) is 0 Å². The molecule has 0 heterocycles. The molecule has 22 heavy (non-hydrogen) atoms. The van der Waals surface area contributed by atoms with Crippen molar-refractivity contribution < 1.29 is 17.7 Å². The van der Waals surface area contributed by atoms with Gasteiger partial charge in [-0.1, -0.05) is 0 Å². The molecule has 3 N–H and O–H groups in total. The lowest BCUT2D eigenvalue weighted by Gasteiger charge is -2.07. The molecule has 2 rings (SSSR count). The molecule has 0 aliphatic carbocycles. The fourth-order valence-electron chi connectivity index (χ4n) is 1.79. The minimum atomic E-state index is -3.86. The van der Waals surface area contributed by atoms with Gasteiger partial charge in [0.05, 0.1) is 9.82 Å². The van der Waals surface area contributed by atoms with E-state index in [-0.39, 0.29) is 22.8 Å². The largest absolute Gasteiger partial charge is 0.399 e. The number of benzene rings is 2. The van der Waals surface area contributed by atoms with E-state index in [1.54, 1.807) is 0 Å². The summed E-state index contributed by atoms with van der Waals surface area (Å²) in [6, 6.07) is 8.16. The van der Waals surface area contributed by atoms with E-state index in [1.807, 2.05) is 0 Å². The third kappa shape index (κ3) is 3.77. The maximum absolute atomic E-state index is 13.2. The average Bonchev–Trinajstić information content (AvgIpc) is 2.44. The summed E-state index contributed by atoms with van der Waals surface area (Å²) in [6.07, 6.45) is 0. The number of sulfonamides is 1. The summed E-state index contributed by atoms with van der Waals surface area (Å²) in [6.45, 7) is -0.152. The predicted octanol–water partition coefficient (Wildman–Crippen LogP) is 1.79. The highest BCUT2D eigenvalue weighted by Crippen LogP contribution is 2.16. The highest BCUT2D eigenvalue weighted by atomic mass is 32.2. The van der Waals surface area contributed by atoms with E-state index in [4.69, 9.17) is 5.73 Å². The van der Waals surface area contributed by atoms with Crippen molar-refractivity contribution in [2.75, 3.05) is 5.73 Å². The van der Waals surface area contributed by atoms with Gasteiger partial charge in [-0.05, 0) is 35.9 Å². The van der Waals surface area contributed by atoms with E-state index >= 15 is 0 Å². The molecular weight excluding hydrogens is 313 g/mol. The summed E-state index contributed by atoms with van der Waals surface area (Å²) in [7, 11) is -3.86. The van der Waals surface area contributed by atoms with Crippen LogP contribution in [0.15, 0.2) is 47.4 Å². The highest BCUT2D eigenvalue weighted by Gasteiger charge is 2.15. The molecule has 0 aromatic heterocycles. The first-order valence-electron chi connectivity index (χ1n) is 6.07. The first kappa shape index (κ1) is 15.9. The van der Waals surface area contributed by atoms with Crippen molar-refractivity contribution >= 4 is 21.4 Å². The van der Waals surface area contributed by atoms with Crippen molar-refractivity contribution in [1.29, 1.82) is 0 Å². The number of rotatable bonds is 5. The number of nitrogens with two attached hydrogens (primary N) is 1. The second-order valence-corrected chi connectivity index (χ2v) is 6.24. The number of hydrogen-bond acceptors (Lipinski definition) is 5. The SMILES string of the molecule is Nc1cc(F)cc(CNS(=O)(=O)c2ccc([N+](=O)[O-])cc2)c1. The predicted molar refractivity (Wildman–Crippen MR) is 77.9 cm³/mol. The van der Waals surface area contributed by atoms with Crippen LogP contribution in [-0.2, 0) is 16.6 Å². The lowest BCUT2D eigenvalue weighted by Crippen LogP contribution is -2.23. The van der Waals surface area contributed by atoms with Crippen molar-refractivity contribution in [3.63, 3.8) is 0 Å². The van der Waals surface area contributed by atoms with Crippen LogP contribution in [0.2, 0.25) is 0 Å². The summed E-state index contributed by atoms with van der Waals surface area (Å²) in [4.78, 5) is 9.78. The van der Waals surface area contributed by atoms with Gasteiger partial charge in [0.25, 0.3) is 5.69 Å². The minimum Gasteiger partial charge on any atom is -0.399 e. The van der Waals surface area contributed by atoms with Gasteiger partial charge >= 0.3 is 0 Å². The number of hydrogen-bond donors (Lipinski definition) is 2. The fraction of sp³-hybridized carbons (Fsp3) is 0.0769. The van der Waals surface area contributed by atoms with Crippen molar-refractivity contribution in [2.24, 2.45) is 0 Å². The van der Waals surface area contributed by atoms with Crippen LogP contribution in [-0.4, -0.2) is 13.3 Å². The Kier molecular flexibility index (Phi) is 4.38. The Morgan fingerprint density at radius 3 is 2.36 bits per heavy atom. The van der Waals surface area contributed by atoms with Gasteiger partial charge in [-0.25, -0.2) is 17.5 Å². The molecule has 0 radical (unpaired) electrons. The maximum Gasteiger partial charge on any atom is 0.269 e. The second kappa shape index (κ2) is 6.08. The van der Waals surface area contributed by atoms with Crippen LogP contribution in [0.25, 0.3) is 0 Å². The lowest BCUT2D eigenvalue weighted by molar-refractivity contribution is -0.384. The number of nitrogens with zero attached hydrogens (tertiary/aromatic N) is 1. The third-order valence-corrected chi connectivity index (χ3v) is 4.22. The summed E-state index contributed by atoms with van der Waals surface area (Å²) in [5, 5.41) is 10.5. The maximum atomic E-state index is 13.2. The van der Waals surface area contributed by atoms with Gasteiger partial charge in [-0.3, -0.25) is 10.1 Å². The van der Waals surface area contributed by atoms with E-state index in [0.717, 1.165) is 36.4 Å². The van der Waals surface area contributed by atoms with Gasteiger partial charge in [-0.15, -0.1) is 0 Å². The Morgan fingerprint density at radius 2 is 1.82 bits per heavy atom. The van der Waals surface area contributed by atoms with E-state index in [1.165, 1.54) is 6.07 Å². The van der Waals surface area contributed by atoms with Crippen LogP contribution in [0.4, 0.5) is 15.8 Å². The Hall–Kier alpha value is -2.52. The number of nitrogen functional groups attached to an aromatic ring is 1. The van der Waals surface area contributed by atoms with E-state index in [2.05, 4.69) is 4.72 Å². The quantitative estimate of drug-likeness (QED) is 0.494. The average molecular weight is 325 g/mol. The van der Waals surface area contributed by atoms with Crippen molar-refractivity contribution in [3.8, 4) is 0 Å². The van der Waals surface area contributed by atoms with Gasteiger partial charge in [0.2, 0.25) is 10.0 Å². The summed E-state index contributed by atoms with van der Waals surface area (Å²) in [5.74, 6) is -0.565. The van der Waals surface area contributed by atoms with Gasteiger partial charge < -0.3 is 5.73 Å². The van der Waals surface area contributed by atoms with E-state index < -0.39 is 20.8 Å². The summed E-state index contributed by atoms with van der Waals surface area (Å²) in [5.41, 5.74) is 5.81. The third-order valence-electron chi connectivity index (χ3n) is 2.80. The molecule has 0 bridgehead atoms. The summed E-state index contributed by atoms with van der Waals surface area (Å²) >= 11 is 0. The van der Waals surface area contributed by atoms with Crippen molar-refractivity contribution in [2.45, 2.75) is 11.4 Å². The Morgan fingerprint density at radius 1 is 1.18 bits per heavy atom. The molecule has 0 fully saturated rings. The van der Waals surface area contributed by atoms with Gasteiger partial charge in [0.1, 0.15) is 5.82 Å². The molecule has 2 aromatic rings. The molecular formula is C13H12FN3O4S. The smallest absolute Gasteiger partial charge is 0.269 e. The number of nitro groups is 1. The van der Waals surface area contributed by atoms with Crippen LogP contribution in [0, 0.1) is 15.9 Å². The molecule has 0 aliphatic heterocycles. The zero-order chi connectivity index (χ0) is 16.3. The van der Waals surface area contributed by atoms with Gasteiger partial charge in [0.15, 0.2) is 0 Å². The Balaban J connectivity index is 2.15. The normalized spacial score (nSPS) is 11.3. The molecule has 0 saturated heterocycles. The monoisotopic (exact) mass is 325 g/mol. The molecule has 7 nitrogen and oxygen atoms in total. The lowest BCUT2D eigenvalue weighted by atomic mass is 10.2. The topological polar surface area (TPSA) is 115 Å². The van der Waals surface area contributed by atoms with Crippen LogP contribution in [0.1, 0.15) is 5.56 Å². The molecule has 116 valence electrons. The number of anilines is 1. The molecule has 0 aliphatic rings. The number of nitrogens with one attached hydrogen (secondary N) is 1. The molecule has 2 aromatic carbocycles. The van der Waals surface area contributed by atoms with Gasteiger partial charge in [-0.2, -0.15) is 0 Å². The Bertz CT molecular complexity index is 786. The second-order valence-electron chi connectivity index (χ2n) is 4.47. The first-order chi connectivity index (χ1) is 10.3.